The van der Waals surface area contributed by atoms with Crippen molar-refractivity contribution >= 4 is 23.6 Å². The number of nitrogens with zero attached hydrogens (tertiary/aromatic N) is 3. The van der Waals surface area contributed by atoms with Crippen LogP contribution in [0.15, 0.2) is 60.7 Å². The number of rotatable bonds is 7. The van der Waals surface area contributed by atoms with Gasteiger partial charge in [0.2, 0.25) is 11.8 Å². The maximum atomic E-state index is 13.2. The fourth-order valence-corrected chi connectivity index (χ4v) is 3.90. The third-order valence-corrected chi connectivity index (χ3v) is 5.61. The molecule has 1 aliphatic heterocycles. The molecule has 1 heterocycles. The molecule has 0 spiro atoms. The summed E-state index contributed by atoms with van der Waals surface area (Å²) in [5.74, 6) is -1.66. The Morgan fingerprint density at radius 2 is 1.68 bits per heavy atom. The Balaban J connectivity index is 1.65. The van der Waals surface area contributed by atoms with Crippen LogP contribution in [0.5, 0.6) is 0 Å². The summed E-state index contributed by atoms with van der Waals surface area (Å²) in [6.07, 6.45) is -1.11. The second kappa shape index (κ2) is 11.0. The molecule has 0 bridgehead atoms. The normalized spacial score (nSPS) is 14.9. The van der Waals surface area contributed by atoms with E-state index in [9.17, 15) is 32.9 Å². The van der Waals surface area contributed by atoms with Crippen molar-refractivity contribution in [3.8, 4) is 0 Å². The lowest BCUT2D eigenvalue weighted by atomic mass is 9.94. The number of para-hydroxylation sites is 1. The third kappa shape index (κ3) is 6.90. The Morgan fingerprint density at radius 3 is 2.29 bits per heavy atom. The molecule has 1 saturated heterocycles. The average Bonchev–Trinajstić information content (AvgIpc) is 2.82. The Morgan fingerprint density at radius 1 is 1.06 bits per heavy atom. The van der Waals surface area contributed by atoms with Crippen molar-refractivity contribution in [1.29, 1.82) is 0 Å². The molecule has 0 N–H and O–H groups in total. The Hall–Kier alpha value is -3.69. The van der Waals surface area contributed by atoms with Gasteiger partial charge < -0.3 is 9.80 Å². The van der Waals surface area contributed by atoms with Crippen LogP contribution in [-0.4, -0.2) is 52.3 Å². The molecule has 1 fully saturated rings. The van der Waals surface area contributed by atoms with Gasteiger partial charge in [0.25, 0.3) is 5.69 Å². The minimum atomic E-state index is -4.65. The van der Waals surface area contributed by atoms with Crippen LogP contribution in [0.25, 0.3) is 6.08 Å². The standard InChI is InChI=1S/C24H24F3N3O4/c25-24(26,27)17-29(16-20-8-4-5-9-21(20)30(33)34)23(32)19-12-14-28(15-13-19)22(31)11-10-18-6-2-1-3-7-18/h1-11,19H,12-17H2/b11-10+. The maximum absolute atomic E-state index is 13.2. The number of hydrogen-bond acceptors (Lipinski definition) is 4. The highest BCUT2D eigenvalue weighted by atomic mass is 19.4. The smallest absolute Gasteiger partial charge is 0.339 e. The molecule has 2 aromatic rings. The molecule has 0 aromatic heterocycles. The molecule has 0 aliphatic carbocycles. The van der Waals surface area contributed by atoms with E-state index in [4.69, 9.17) is 0 Å². The van der Waals surface area contributed by atoms with Gasteiger partial charge in [-0.3, -0.25) is 19.7 Å². The van der Waals surface area contributed by atoms with Crippen molar-refractivity contribution in [2.45, 2.75) is 25.6 Å². The van der Waals surface area contributed by atoms with Gasteiger partial charge in [-0.15, -0.1) is 0 Å². The van der Waals surface area contributed by atoms with Crippen molar-refractivity contribution in [2.24, 2.45) is 5.92 Å². The van der Waals surface area contributed by atoms with Gasteiger partial charge in [0, 0.05) is 36.7 Å². The number of hydrogen-bond donors (Lipinski definition) is 0. The average molecular weight is 475 g/mol. The lowest BCUT2D eigenvalue weighted by Gasteiger charge is -2.34. The van der Waals surface area contributed by atoms with E-state index in [-0.39, 0.29) is 43.1 Å². The van der Waals surface area contributed by atoms with Crippen molar-refractivity contribution in [3.63, 3.8) is 0 Å². The molecule has 0 unspecified atom stereocenters. The molecule has 34 heavy (non-hydrogen) atoms. The summed E-state index contributed by atoms with van der Waals surface area (Å²) in [7, 11) is 0. The number of piperidine rings is 1. The first-order valence-corrected chi connectivity index (χ1v) is 10.7. The number of nitro benzene ring substituents is 1. The zero-order valence-corrected chi connectivity index (χ0v) is 18.3. The Kier molecular flexibility index (Phi) is 8.04. The van der Waals surface area contributed by atoms with E-state index in [2.05, 4.69) is 0 Å². The monoisotopic (exact) mass is 475 g/mol. The van der Waals surface area contributed by atoms with Crippen LogP contribution in [-0.2, 0) is 16.1 Å². The summed E-state index contributed by atoms with van der Waals surface area (Å²) in [5, 5.41) is 11.2. The number of carbonyl (C=O) groups is 2. The summed E-state index contributed by atoms with van der Waals surface area (Å²) >= 11 is 0. The van der Waals surface area contributed by atoms with Gasteiger partial charge in [-0.25, -0.2) is 0 Å². The largest absolute Gasteiger partial charge is 0.406 e. The van der Waals surface area contributed by atoms with Crippen LogP contribution in [0, 0.1) is 16.0 Å². The SMILES string of the molecule is O=C(/C=C/c1ccccc1)N1CCC(C(=O)N(Cc2ccccc2[N+](=O)[O-])CC(F)(F)F)CC1. The van der Waals surface area contributed by atoms with E-state index in [0.29, 0.717) is 4.90 Å². The van der Waals surface area contributed by atoms with Gasteiger partial charge >= 0.3 is 6.18 Å². The Bertz CT molecular complexity index is 1050. The number of likely N-dealkylation sites (tertiary alicyclic amines) is 1. The zero-order chi connectivity index (χ0) is 24.7. The molecule has 0 saturated carbocycles. The number of alkyl halides is 3. The molecule has 2 aromatic carbocycles. The predicted octanol–water partition coefficient (Wildman–Crippen LogP) is 4.44. The quantitative estimate of drug-likeness (QED) is 0.337. The fraction of sp³-hybridized carbons (Fsp3) is 0.333. The molecule has 1 aliphatic rings. The van der Waals surface area contributed by atoms with Crippen LogP contribution in [0.3, 0.4) is 0 Å². The third-order valence-electron chi connectivity index (χ3n) is 5.61. The summed E-state index contributed by atoms with van der Waals surface area (Å²) in [6.45, 7) is -1.55. The van der Waals surface area contributed by atoms with Crippen LogP contribution in [0.1, 0.15) is 24.0 Å². The van der Waals surface area contributed by atoms with E-state index < -0.39 is 36.0 Å². The molecular weight excluding hydrogens is 451 g/mol. The van der Waals surface area contributed by atoms with Crippen molar-refractivity contribution < 1.29 is 27.7 Å². The topological polar surface area (TPSA) is 83.8 Å². The lowest BCUT2D eigenvalue weighted by Crippen LogP contribution is -2.46. The fourth-order valence-electron chi connectivity index (χ4n) is 3.90. The van der Waals surface area contributed by atoms with Crippen molar-refractivity contribution in [2.75, 3.05) is 19.6 Å². The molecular formula is C24H24F3N3O4. The maximum Gasteiger partial charge on any atom is 0.406 e. The van der Waals surface area contributed by atoms with Gasteiger partial charge in [-0.05, 0) is 24.5 Å². The number of halogens is 3. The summed E-state index contributed by atoms with van der Waals surface area (Å²) in [6, 6.07) is 14.7. The van der Waals surface area contributed by atoms with Gasteiger partial charge in [-0.1, -0.05) is 48.5 Å². The van der Waals surface area contributed by atoms with E-state index in [0.717, 1.165) is 5.56 Å². The molecule has 7 nitrogen and oxygen atoms in total. The Labute approximate surface area is 194 Å². The number of carbonyl (C=O) groups excluding carboxylic acids is 2. The second-order valence-electron chi connectivity index (χ2n) is 8.04. The summed E-state index contributed by atoms with van der Waals surface area (Å²) in [5.41, 5.74) is 0.551. The van der Waals surface area contributed by atoms with E-state index in [1.165, 1.54) is 30.3 Å². The van der Waals surface area contributed by atoms with Crippen LogP contribution < -0.4 is 0 Å². The van der Waals surface area contributed by atoms with Crippen LogP contribution in [0.2, 0.25) is 0 Å². The van der Waals surface area contributed by atoms with E-state index in [1.807, 2.05) is 30.3 Å². The molecule has 0 radical (unpaired) electrons. The molecule has 3 rings (SSSR count). The van der Waals surface area contributed by atoms with Crippen LogP contribution in [0.4, 0.5) is 18.9 Å². The van der Waals surface area contributed by atoms with Gasteiger partial charge in [0.05, 0.1) is 11.5 Å². The van der Waals surface area contributed by atoms with Gasteiger partial charge in [0.15, 0.2) is 0 Å². The number of benzene rings is 2. The number of nitro groups is 1. The van der Waals surface area contributed by atoms with Gasteiger partial charge in [0.1, 0.15) is 6.54 Å². The highest BCUT2D eigenvalue weighted by molar-refractivity contribution is 5.92. The highest BCUT2D eigenvalue weighted by Crippen LogP contribution is 2.27. The molecule has 0 atom stereocenters. The van der Waals surface area contributed by atoms with Gasteiger partial charge in [-0.2, -0.15) is 13.2 Å². The summed E-state index contributed by atoms with van der Waals surface area (Å²) in [4.78, 5) is 38.2. The van der Waals surface area contributed by atoms with Crippen molar-refractivity contribution in [1.82, 2.24) is 9.80 Å². The first kappa shape index (κ1) is 24.9. The molecule has 180 valence electrons. The van der Waals surface area contributed by atoms with E-state index in [1.54, 1.807) is 11.0 Å². The zero-order valence-electron chi connectivity index (χ0n) is 18.3. The van der Waals surface area contributed by atoms with Crippen molar-refractivity contribution in [3.05, 3.63) is 81.9 Å². The van der Waals surface area contributed by atoms with Crippen LogP contribution >= 0.6 is 0 Å². The second-order valence-corrected chi connectivity index (χ2v) is 8.04. The first-order valence-electron chi connectivity index (χ1n) is 10.7. The highest BCUT2D eigenvalue weighted by Gasteiger charge is 2.37. The minimum absolute atomic E-state index is 0.0313. The summed E-state index contributed by atoms with van der Waals surface area (Å²) < 4.78 is 39.6. The molecule has 2 amide bonds. The van der Waals surface area contributed by atoms with E-state index >= 15 is 0 Å². The first-order chi connectivity index (χ1) is 16.1. The predicted molar refractivity (Wildman–Crippen MR) is 119 cm³/mol. The lowest BCUT2D eigenvalue weighted by molar-refractivity contribution is -0.385. The minimum Gasteiger partial charge on any atom is -0.339 e. The number of amides is 2. The molecule has 10 heteroatoms.